The third-order valence-electron chi connectivity index (χ3n) is 8.29. The topological polar surface area (TPSA) is 90.8 Å². The fourth-order valence-corrected chi connectivity index (χ4v) is 6.88. The van der Waals surface area contributed by atoms with E-state index in [1.165, 1.54) is 10.6 Å². The number of benzene rings is 2. The van der Waals surface area contributed by atoms with Gasteiger partial charge in [0, 0.05) is 64.0 Å². The number of carbonyl (C=O) groups excluding carboxylic acids is 1. The Labute approximate surface area is 254 Å². The number of sulfonamides is 1. The van der Waals surface area contributed by atoms with E-state index in [4.69, 9.17) is 4.98 Å². The van der Waals surface area contributed by atoms with Gasteiger partial charge in [-0.1, -0.05) is 74.5 Å². The van der Waals surface area contributed by atoms with Crippen molar-refractivity contribution in [3.8, 4) is 11.3 Å². The summed E-state index contributed by atoms with van der Waals surface area (Å²) in [5.74, 6) is 0.902. The molecule has 1 N–H and O–H groups in total. The van der Waals surface area contributed by atoms with E-state index in [1.54, 1.807) is 9.80 Å². The molecule has 2 aliphatic rings. The number of nitrogens with zero attached hydrogens (tertiary/aromatic N) is 5. The highest BCUT2D eigenvalue weighted by Crippen LogP contribution is 2.30. The smallest absolute Gasteiger partial charge is 0.320 e. The Morgan fingerprint density at radius 3 is 2.30 bits per heavy atom. The van der Waals surface area contributed by atoms with Gasteiger partial charge in [0.1, 0.15) is 11.5 Å². The predicted molar refractivity (Wildman–Crippen MR) is 167 cm³/mol. The number of amides is 2. The van der Waals surface area contributed by atoms with E-state index >= 15 is 4.39 Å². The van der Waals surface area contributed by atoms with E-state index in [0.717, 1.165) is 22.6 Å². The molecule has 0 aliphatic carbocycles. The van der Waals surface area contributed by atoms with Gasteiger partial charge in [-0.3, -0.25) is 0 Å². The molecule has 0 saturated carbocycles. The van der Waals surface area contributed by atoms with Crippen molar-refractivity contribution in [2.45, 2.75) is 38.9 Å². The third-order valence-corrected chi connectivity index (χ3v) is 9.60. The molecule has 1 aromatic heterocycles. The van der Waals surface area contributed by atoms with Gasteiger partial charge in [-0.25, -0.2) is 22.6 Å². The lowest BCUT2D eigenvalue weighted by Gasteiger charge is -2.41. The molecular formula is C32H43FN6O3S. The van der Waals surface area contributed by atoms with Crippen molar-refractivity contribution in [3.63, 3.8) is 0 Å². The Bertz CT molecular complexity index is 1480. The number of alkyl halides is 1. The van der Waals surface area contributed by atoms with Crippen LogP contribution in [0.25, 0.3) is 11.3 Å². The number of piperazine rings is 1. The first-order valence-electron chi connectivity index (χ1n) is 14.9. The number of hydrogen-bond acceptors (Lipinski definition) is 5. The molecule has 2 aliphatic heterocycles. The van der Waals surface area contributed by atoms with Crippen molar-refractivity contribution in [2.24, 2.45) is 5.41 Å². The summed E-state index contributed by atoms with van der Waals surface area (Å²) in [5, 5.41) is 3.10. The zero-order chi connectivity index (χ0) is 30.7. The SMILES string of the molecule is CC(C)(Cc1nc(-c2ccccc2)cn1Cc1ccccc1)CN(C[C@@]1(F)CCNC1)C(=O)N1CCN(S(C)(=O)=O)CC1. The van der Waals surface area contributed by atoms with Gasteiger partial charge >= 0.3 is 6.03 Å². The highest BCUT2D eigenvalue weighted by molar-refractivity contribution is 7.88. The second-order valence-electron chi connectivity index (χ2n) is 12.7. The summed E-state index contributed by atoms with van der Waals surface area (Å²) in [4.78, 5) is 22.2. The molecular weight excluding hydrogens is 567 g/mol. The van der Waals surface area contributed by atoms with Crippen molar-refractivity contribution in [3.05, 3.63) is 78.2 Å². The summed E-state index contributed by atoms with van der Waals surface area (Å²) in [6, 6.07) is 20.1. The molecule has 2 amide bonds. The highest BCUT2D eigenvalue weighted by Gasteiger charge is 2.40. The lowest BCUT2D eigenvalue weighted by Crippen LogP contribution is -2.57. The first-order chi connectivity index (χ1) is 20.4. The molecule has 43 heavy (non-hydrogen) atoms. The molecule has 232 valence electrons. The summed E-state index contributed by atoms with van der Waals surface area (Å²) in [7, 11) is -3.33. The van der Waals surface area contributed by atoms with Crippen LogP contribution in [-0.4, -0.2) is 102 Å². The molecule has 0 radical (unpaired) electrons. The maximum atomic E-state index is 15.8. The van der Waals surface area contributed by atoms with Crippen LogP contribution in [0.4, 0.5) is 9.18 Å². The van der Waals surface area contributed by atoms with Crippen molar-refractivity contribution in [2.75, 3.05) is 58.6 Å². The highest BCUT2D eigenvalue weighted by atomic mass is 32.2. The molecule has 3 aromatic rings. The largest absolute Gasteiger partial charge is 0.330 e. The van der Waals surface area contributed by atoms with Crippen LogP contribution in [0.5, 0.6) is 0 Å². The van der Waals surface area contributed by atoms with Crippen LogP contribution >= 0.6 is 0 Å². The Kier molecular flexibility index (Phi) is 9.24. The summed E-state index contributed by atoms with van der Waals surface area (Å²) >= 11 is 0. The number of urea groups is 1. The monoisotopic (exact) mass is 610 g/mol. The van der Waals surface area contributed by atoms with Crippen LogP contribution in [-0.2, 0) is 23.0 Å². The summed E-state index contributed by atoms with van der Waals surface area (Å²) in [6.45, 7) is 7.00. The van der Waals surface area contributed by atoms with Gasteiger partial charge in [-0.05, 0) is 23.9 Å². The molecule has 9 nitrogen and oxygen atoms in total. The second kappa shape index (κ2) is 12.8. The third kappa shape index (κ3) is 8.01. The van der Waals surface area contributed by atoms with Crippen LogP contribution < -0.4 is 5.32 Å². The van der Waals surface area contributed by atoms with Crippen LogP contribution in [0.15, 0.2) is 66.9 Å². The fourth-order valence-electron chi connectivity index (χ4n) is 6.05. The van der Waals surface area contributed by atoms with E-state index in [-0.39, 0.29) is 45.3 Å². The molecule has 11 heteroatoms. The zero-order valence-corrected chi connectivity index (χ0v) is 26.2. The van der Waals surface area contributed by atoms with Crippen LogP contribution in [0.3, 0.4) is 0 Å². The molecule has 0 bridgehead atoms. The predicted octanol–water partition coefficient (Wildman–Crippen LogP) is 3.87. The molecule has 2 aromatic carbocycles. The van der Waals surface area contributed by atoms with Crippen molar-refractivity contribution >= 4 is 16.1 Å². The number of carbonyl (C=O) groups is 1. The van der Waals surface area contributed by atoms with Gasteiger partial charge in [0.05, 0.1) is 18.5 Å². The quantitative estimate of drug-likeness (QED) is 0.377. The minimum atomic E-state index is -3.33. The maximum absolute atomic E-state index is 15.8. The lowest BCUT2D eigenvalue weighted by molar-refractivity contribution is 0.0733. The average Bonchev–Trinajstić information content (AvgIpc) is 3.58. The van der Waals surface area contributed by atoms with E-state index in [9.17, 15) is 13.2 Å². The number of aromatic nitrogens is 2. The Morgan fingerprint density at radius 2 is 1.70 bits per heavy atom. The molecule has 3 heterocycles. The van der Waals surface area contributed by atoms with Gasteiger partial charge in [0.15, 0.2) is 0 Å². The minimum Gasteiger partial charge on any atom is -0.330 e. The standard InChI is InChI=1S/C32H43FN6O3S/c1-31(2,20-29-35-28(27-12-8-5-9-13-27)22-37(29)21-26-10-6-4-7-11-26)24-38(25-32(33)14-15-34-23-32)30(40)36-16-18-39(19-17-36)43(3,41)42/h4-13,22,34H,14-21,23-25H2,1-3H3/t32-/m1/s1. The zero-order valence-electron chi connectivity index (χ0n) is 25.4. The summed E-state index contributed by atoms with van der Waals surface area (Å²) < 4.78 is 43.4. The number of rotatable bonds is 10. The van der Waals surface area contributed by atoms with Gasteiger partial charge in [0.2, 0.25) is 10.0 Å². The molecule has 5 rings (SSSR count). The number of halogens is 1. The molecule has 0 spiro atoms. The Balaban J connectivity index is 1.38. The molecule has 0 unspecified atom stereocenters. The van der Waals surface area contributed by atoms with Crippen molar-refractivity contribution < 1.29 is 17.6 Å². The van der Waals surface area contributed by atoms with E-state index < -0.39 is 21.1 Å². The molecule has 2 saturated heterocycles. The fraction of sp³-hybridized carbons (Fsp3) is 0.500. The first kappa shape index (κ1) is 31.2. The first-order valence-corrected chi connectivity index (χ1v) is 16.8. The van der Waals surface area contributed by atoms with Crippen LogP contribution in [0.2, 0.25) is 0 Å². The maximum Gasteiger partial charge on any atom is 0.320 e. The molecule has 1 atom stereocenters. The molecule has 2 fully saturated rings. The van der Waals surface area contributed by atoms with Crippen molar-refractivity contribution in [1.82, 2.24) is 29.0 Å². The normalized spacial score (nSPS) is 20.0. The van der Waals surface area contributed by atoms with Crippen molar-refractivity contribution in [1.29, 1.82) is 0 Å². The van der Waals surface area contributed by atoms with Gasteiger partial charge in [0.25, 0.3) is 0 Å². The average molecular weight is 611 g/mol. The van der Waals surface area contributed by atoms with Crippen LogP contribution in [0.1, 0.15) is 31.7 Å². The summed E-state index contributed by atoms with van der Waals surface area (Å²) in [6.07, 6.45) is 4.19. The Morgan fingerprint density at radius 1 is 1.05 bits per heavy atom. The second-order valence-corrected chi connectivity index (χ2v) is 14.7. The lowest BCUT2D eigenvalue weighted by atomic mass is 9.87. The minimum absolute atomic E-state index is 0.0116. The van der Waals surface area contributed by atoms with Gasteiger partial charge < -0.3 is 19.7 Å². The van der Waals surface area contributed by atoms with Gasteiger partial charge in [-0.15, -0.1) is 0 Å². The number of nitrogens with one attached hydrogen (secondary N) is 1. The van der Waals surface area contributed by atoms with Gasteiger partial charge in [-0.2, -0.15) is 4.31 Å². The number of hydrogen-bond donors (Lipinski definition) is 1. The van der Waals surface area contributed by atoms with E-state index in [0.29, 0.717) is 32.5 Å². The summed E-state index contributed by atoms with van der Waals surface area (Å²) in [5.41, 5.74) is 1.15. The Hall–Kier alpha value is -3.28. The van der Waals surface area contributed by atoms with E-state index in [2.05, 4.69) is 42.1 Å². The van der Waals surface area contributed by atoms with E-state index in [1.807, 2.05) is 48.5 Å². The number of imidazole rings is 1. The van der Waals surface area contributed by atoms with Crippen LogP contribution in [0, 0.1) is 5.41 Å².